The summed E-state index contributed by atoms with van der Waals surface area (Å²) in [6, 6.07) is 4.04. The van der Waals surface area contributed by atoms with Crippen molar-refractivity contribution in [1.29, 1.82) is 0 Å². The number of benzene rings is 1. The van der Waals surface area contributed by atoms with Crippen LogP contribution >= 0.6 is 11.6 Å². The van der Waals surface area contributed by atoms with Crippen LogP contribution in [0.3, 0.4) is 0 Å². The predicted molar refractivity (Wildman–Crippen MR) is 50.5 cm³/mol. The van der Waals surface area contributed by atoms with Gasteiger partial charge in [0.15, 0.2) is 0 Å². The number of aromatic amines is 1. The maximum absolute atomic E-state index is 6.12. The van der Waals surface area contributed by atoms with Gasteiger partial charge in [-0.3, -0.25) is 5.10 Å². The summed E-state index contributed by atoms with van der Waals surface area (Å²) in [6.45, 7) is 2.09. The van der Waals surface area contributed by atoms with Crippen molar-refractivity contribution >= 4 is 22.5 Å². The Morgan fingerprint density at radius 1 is 1.50 bits per heavy atom. The molecule has 0 fully saturated rings. The maximum atomic E-state index is 6.12. The maximum Gasteiger partial charge on any atom is 0.0665 e. The van der Waals surface area contributed by atoms with E-state index in [0.29, 0.717) is 0 Å². The molecule has 0 spiro atoms. The van der Waals surface area contributed by atoms with E-state index in [4.69, 9.17) is 11.6 Å². The Kier molecular flexibility index (Phi) is 1.77. The largest absolute Gasteiger partial charge is 0.278 e. The highest BCUT2D eigenvalue weighted by atomic mass is 35.5. The number of nitrogens with one attached hydrogen (secondary N) is 1. The molecule has 2 rings (SSSR count). The normalized spacial score (nSPS) is 10.8. The van der Waals surface area contributed by atoms with Crippen molar-refractivity contribution in [2.24, 2.45) is 0 Å². The van der Waals surface area contributed by atoms with Crippen LogP contribution in [0.15, 0.2) is 18.3 Å². The average Bonchev–Trinajstić information content (AvgIpc) is 2.53. The van der Waals surface area contributed by atoms with Crippen molar-refractivity contribution < 1.29 is 0 Å². The van der Waals surface area contributed by atoms with Gasteiger partial charge < -0.3 is 0 Å². The van der Waals surface area contributed by atoms with E-state index in [0.717, 1.165) is 22.3 Å². The first kappa shape index (κ1) is 7.62. The first-order valence-corrected chi connectivity index (χ1v) is 4.31. The van der Waals surface area contributed by atoms with Crippen LogP contribution in [0.5, 0.6) is 0 Å². The molecule has 0 amide bonds. The number of hydrogen-bond acceptors (Lipinski definition) is 1. The summed E-state index contributed by atoms with van der Waals surface area (Å²) in [5.41, 5.74) is 2.17. The Labute approximate surface area is 75.5 Å². The van der Waals surface area contributed by atoms with E-state index < -0.39 is 0 Å². The SMILES string of the molecule is CCc1ccc2[nH]ncc2c1Cl. The van der Waals surface area contributed by atoms with Gasteiger partial charge in [0.2, 0.25) is 0 Å². The summed E-state index contributed by atoms with van der Waals surface area (Å²) in [4.78, 5) is 0. The summed E-state index contributed by atoms with van der Waals surface area (Å²) in [5.74, 6) is 0. The van der Waals surface area contributed by atoms with E-state index in [1.807, 2.05) is 12.1 Å². The monoisotopic (exact) mass is 180 g/mol. The van der Waals surface area contributed by atoms with Gasteiger partial charge in [-0.15, -0.1) is 0 Å². The van der Waals surface area contributed by atoms with Gasteiger partial charge in [0, 0.05) is 5.39 Å². The van der Waals surface area contributed by atoms with Crippen LogP contribution in [-0.4, -0.2) is 10.2 Å². The lowest BCUT2D eigenvalue weighted by Crippen LogP contribution is -1.81. The Morgan fingerprint density at radius 2 is 2.33 bits per heavy atom. The molecule has 1 aromatic heterocycles. The molecule has 1 heterocycles. The highest BCUT2D eigenvalue weighted by Gasteiger charge is 2.04. The summed E-state index contributed by atoms with van der Waals surface area (Å²) in [7, 11) is 0. The lowest BCUT2D eigenvalue weighted by molar-refractivity contribution is 1.12. The van der Waals surface area contributed by atoms with E-state index >= 15 is 0 Å². The van der Waals surface area contributed by atoms with Gasteiger partial charge in [0.25, 0.3) is 0 Å². The van der Waals surface area contributed by atoms with Crippen LogP contribution in [0.2, 0.25) is 5.02 Å². The minimum atomic E-state index is 0.823. The second kappa shape index (κ2) is 2.79. The average molecular weight is 181 g/mol. The van der Waals surface area contributed by atoms with E-state index in [9.17, 15) is 0 Å². The van der Waals surface area contributed by atoms with E-state index in [2.05, 4.69) is 17.1 Å². The molecule has 0 bridgehead atoms. The molecule has 2 aromatic rings. The molecule has 0 aliphatic heterocycles. The van der Waals surface area contributed by atoms with Crippen LogP contribution in [0, 0.1) is 0 Å². The number of halogens is 1. The van der Waals surface area contributed by atoms with Gasteiger partial charge >= 0.3 is 0 Å². The van der Waals surface area contributed by atoms with E-state index in [1.165, 1.54) is 5.56 Å². The first-order chi connectivity index (χ1) is 5.83. The molecule has 1 N–H and O–H groups in total. The quantitative estimate of drug-likeness (QED) is 0.719. The Balaban J connectivity index is 2.78. The standard InChI is InChI=1S/C9H9ClN2/c1-2-6-3-4-8-7(9(6)10)5-11-12-8/h3-5H,2H2,1H3,(H,11,12). The molecule has 0 saturated heterocycles. The minimum absolute atomic E-state index is 0.823. The van der Waals surface area contributed by atoms with Crippen molar-refractivity contribution in [1.82, 2.24) is 10.2 Å². The fourth-order valence-electron chi connectivity index (χ4n) is 1.30. The molecule has 0 saturated carbocycles. The van der Waals surface area contributed by atoms with Crippen LogP contribution in [0.4, 0.5) is 0 Å². The van der Waals surface area contributed by atoms with Gasteiger partial charge in [-0.05, 0) is 18.1 Å². The van der Waals surface area contributed by atoms with Crippen molar-refractivity contribution in [2.75, 3.05) is 0 Å². The zero-order valence-electron chi connectivity index (χ0n) is 6.76. The fourth-order valence-corrected chi connectivity index (χ4v) is 1.65. The first-order valence-electron chi connectivity index (χ1n) is 3.93. The van der Waals surface area contributed by atoms with Gasteiger partial charge in [-0.1, -0.05) is 24.6 Å². The molecule has 2 nitrogen and oxygen atoms in total. The lowest BCUT2D eigenvalue weighted by Gasteiger charge is -2.00. The smallest absolute Gasteiger partial charge is 0.0665 e. The van der Waals surface area contributed by atoms with Gasteiger partial charge in [-0.2, -0.15) is 5.10 Å². The molecule has 0 aliphatic carbocycles. The summed E-state index contributed by atoms with van der Waals surface area (Å²) < 4.78 is 0. The number of fused-ring (bicyclic) bond motifs is 1. The number of aromatic nitrogens is 2. The highest BCUT2D eigenvalue weighted by Crippen LogP contribution is 2.25. The van der Waals surface area contributed by atoms with Crippen molar-refractivity contribution in [3.8, 4) is 0 Å². The van der Waals surface area contributed by atoms with E-state index in [-0.39, 0.29) is 0 Å². The molecule has 12 heavy (non-hydrogen) atoms. The number of aryl methyl sites for hydroxylation is 1. The molecule has 0 unspecified atom stereocenters. The third-order valence-corrected chi connectivity index (χ3v) is 2.47. The molecule has 1 aromatic carbocycles. The zero-order chi connectivity index (χ0) is 8.55. The number of nitrogens with zero attached hydrogens (tertiary/aromatic N) is 1. The van der Waals surface area contributed by atoms with Crippen LogP contribution < -0.4 is 0 Å². The number of rotatable bonds is 1. The Bertz CT molecular complexity index is 406. The molecular formula is C9H9ClN2. The number of hydrogen-bond donors (Lipinski definition) is 1. The van der Waals surface area contributed by atoms with Crippen molar-refractivity contribution in [3.05, 3.63) is 28.9 Å². The third-order valence-electron chi connectivity index (χ3n) is 2.02. The molecule has 0 aliphatic rings. The van der Waals surface area contributed by atoms with Gasteiger partial charge in [-0.25, -0.2) is 0 Å². The molecule has 0 radical (unpaired) electrons. The molecule has 0 atom stereocenters. The lowest BCUT2D eigenvalue weighted by atomic mass is 10.1. The molecular weight excluding hydrogens is 172 g/mol. The Hall–Kier alpha value is -1.02. The van der Waals surface area contributed by atoms with Crippen molar-refractivity contribution in [2.45, 2.75) is 13.3 Å². The fraction of sp³-hybridized carbons (Fsp3) is 0.222. The highest BCUT2D eigenvalue weighted by molar-refractivity contribution is 6.36. The molecule has 3 heteroatoms. The van der Waals surface area contributed by atoms with Gasteiger partial charge in [0.05, 0.1) is 16.7 Å². The van der Waals surface area contributed by atoms with Crippen LogP contribution in [0.25, 0.3) is 10.9 Å². The summed E-state index contributed by atoms with van der Waals surface area (Å²) in [6.07, 6.45) is 2.72. The second-order valence-electron chi connectivity index (χ2n) is 2.72. The third kappa shape index (κ3) is 0.994. The van der Waals surface area contributed by atoms with Gasteiger partial charge in [0.1, 0.15) is 0 Å². The topological polar surface area (TPSA) is 28.7 Å². The Morgan fingerprint density at radius 3 is 3.08 bits per heavy atom. The predicted octanol–water partition coefficient (Wildman–Crippen LogP) is 2.78. The van der Waals surface area contributed by atoms with Crippen LogP contribution in [0.1, 0.15) is 12.5 Å². The minimum Gasteiger partial charge on any atom is -0.278 e. The van der Waals surface area contributed by atoms with Crippen LogP contribution in [-0.2, 0) is 6.42 Å². The van der Waals surface area contributed by atoms with E-state index in [1.54, 1.807) is 6.20 Å². The summed E-state index contributed by atoms with van der Waals surface area (Å²) in [5, 5.41) is 8.64. The summed E-state index contributed by atoms with van der Waals surface area (Å²) >= 11 is 6.12. The number of H-pyrrole nitrogens is 1. The van der Waals surface area contributed by atoms with Crippen molar-refractivity contribution in [3.63, 3.8) is 0 Å². The second-order valence-corrected chi connectivity index (χ2v) is 3.10. The molecule has 62 valence electrons. The zero-order valence-corrected chi connectivity index (χ0v) is 7.52.